The molecule has 1 heterocycles. The first kappa shape index (κ1) is 22.0. The van der Waals surface area contributed by atoms with Gasteiger partial charge in [-0.2, -0.15) is 0 Å². The summed E-state index contributed by atoms with van der Waals surface area (Å²) < 4.78 is 5.31. The summed E-state index contributed by atoms with van der Waals surface area (Å²) in [5.41, 5.74) is 8.77. The number of carbonyl (C=O) groups excluding carboxylic acids is 4. The zero-order valence-corrected chi connectivity index (χ0v) is 17.7. The van der Waals surface area contributed by atoms with Crippen LogP contribution < -0.4 is 16.0 Å². The molecule has 8 nitrogen and oxygen atoms in total. The molecular weight excluding hydrogens is 398 g/mol. The minimum atomic E-state index is -1.05. The van der Waals surface area contributed by atoms with Crippen molar-refractivity contribution in [1.29, 1.82) is 0 Å². The summed E-state index contributed by atoms with van der Waals surface area (Å²) in [5.74, 6) is -2.47. The first-order valence-electron chi connectivity index (χ1n) is 9.95. The molecule has 2 atom stereocenters. The Balaban J connectivity index is 1.59. The number of aryl methyl sites for hydroxylation is 1. The van der Waals surface area contributed by atoms with Crippen molar-refractivity contribution >= 4 is 35.1 Å². The molecule has 31 heavy (non-hydrogen) atoms. The molecule has 3 rings (SSSR count). The number of nitrogens with zero attached hydrogens (tertiary/aromatic N) is 1. The monoisotopic (exact) mass is 423 g/mol. The van der Waals surface area contributed by atoms with Crippen LogP contribution in [0.5, 0.6) is 0 Å². The Labute approximate surface area is 180 Å². The lowest BCUT2D eigenvalue weighted by Crippen LogP contribution is -2.33. The zero-order chi connectivity index (χ0) is 22.7. The molecule has 0 spiro atoms. The molecule has 8 heteroatoms. The van der Waals surface area contributed by atoms with Crippen molar-refractivity contribution in [2.75, 3.05) is 16.8 Å². The molecule has 2 aromatic carbocycles. The summed E-state index contributed by atoms with van der Waals surface area (Å²) in [4.78, 5) is 50.1. The van der Waals surface area contributed by atoms with E-state index in [0.717, 1.165) is 16.8 Å². The highest BCUT2D eigenvalue weighted by molar-refractivity contribution is 6.01. The van der Waals surface area contributed by atoms with E-state index in [0.29, 0.717) is 11.3 Å². The number of primary amides is 1. The fourth-order valence-electron chi connectivity index (χ4n) is 3.41. The number of nitrogens with two attached hydrogens (primary N) is 1. The number of hydrogen-bond acceptors (Lipinski definition) is 5. The number of rotatable bonds is 6. The van der Waals surface area contributed by atoms with E-state index in [2.05, 4.69) is 5.32 Å². The van der Waals surface area contributed by atoms with Gasteiger partial charge in [-0.15, -0.1) is 0 Å². The van der Waals surface area contributed by atoms with Crippen molar-refractivity contribution in [3.8, 4) is 0 Å². The van der Waals surface area contributed by atoms with Gasteiger partial charge in [0.2, 0.25) is 11.8 Å². The maximum Gasteiger partial charge on any atom is 0.312 e. The molecule has 1 fully saturated rings. The van der Waals surface area contributed by atoms with Gasteiger partial charge in [0.15, 0.2) is 6.10 Å². The standard InChI is InChI=1S/C23H25N3O5/c1-13-5-4-6-19(14(13)2)26-12-17(11-20(26)27)23(30)31-15(3)22(29)25-18-9-7-16(8-10-18)21(24)28/h4-10,15,17H,11-12H2,1-3H3,(H2,24,28)(H,25,29)/t15-,17+/m0/s1. The third-order valence-corrected chi connectivity index (χ3v) is 5.42. The van der Waals surface area contributed by atoms with Crippen LogP contribution in [-0.4, -0.2) is 36.3 Å². The maximum absolute atomic E-state index is 12.6. The SMILES string of the molecule is Cc1cccc(N2C[C@H](C(=O)O[C@@H](C)C(=O)Nc3ccc(C(N)=O)cc3)CC2=O)c1C. The average Bonchev–Trinajstić information content (AvgIpc) is 3.12. The summed E-state index contributed by atoms with van der Waals surface area (Å²) >= 11 is 0. The van der Waals surface area contributed by atoms with E-state index in [-0.39, 0.29) is 18.9 Å². The lowest BCUT2D eigenvalue weighted by molar-refractivity contribution is -0.157. The minimum absolute atomic E-state index is 0.0368. The van der Waals surface area contributed by atoms with E-state index < -0.39 is 29.8 Å². The van der Waals surface area contributed by atoms with Gasteiger partial charge in [-0.05, 0) is 62.2 Å². The highest BCUT2D eigenvalue weighted by atomic mass is 16.5. The molecule has 0 saturated carbocycles. The number of amides is 3. The molecular formula is C23H25N3O5. The molecule has 3 N–H and O–H groups in total. The summed E-state index contributed by atoms with van der Waals surface area (Å²) in [6.07, 6.45) is -1.01. The van der Waals surface area contributed by atoms with Gasteiger partial charge in [-0.3, -0.25) is 19.2 Å². The van der Waals surface area contributed by atoms with Crippen LogP contribution in [0.3, 0.4) is 0 Å². The molecule has 0 radical (unpaired) electrons. The number of benzene rings is 2. The average molecular weight is 423 g/mol. The van der Waals surface area contributed by atoms with Crippen molar-refractivity contribution in [3.05, 3.63) is 59.2 Å². The van der Waals surface area contributed by atoms with Crippen LogP contribution in [0.1, 0.15) is 34.8 Å². The second kappa shape index (κ2) is 8.99. The topological polar surface area (TPSA) is 119 Å². The van der Waals surface area contributed by atoms with Crippen LogP contribution in [0.15, 0.2) is 42.5 Å². The second-order valence-corrected chi connectivity index (χ2v) is 7.63. The van der Waals surface area contributed by atoms with Crippen molar-refractivity contribution in [1.82, 2.24) is 0 Å². The number of ether oxygens (including phenoxy) is 1. The van der Waals surface area contributed by atoms with E-state index in [4.69, 9.17) is 10.5 Å². The van der Waals surface area contributed by atoms with E-state index in [1.54, 1.807) is 4.90 Å². The molecule has 1 saturated heterocycles. The Hall–Kier alpha value is -3.68. The maximum atomic E-state index is 12.6. The van der Waals surface area contributed by atoms with Crippen LogP contribution in [0, 0.1) is 19.8 Å². The molecule has 0 aliphatic carbocycles. The molecule has 0 unspecified atom stereocenters. The normalized spacial score (nSPS) is 16.7. The van der Waals surface area contributed by atoms with Gasteiger partial charge in [-0.25, -0.2) is 0 Å². The summed E-state index contributed by atoms with van der Waals surface area (Å²) in [6.45, 7) is 5.58. The van der Waals surface area contributed by atoms with Gasteiger partial charge in [0.05, 0.1) is 5.92 Å². The number of esters is 1. The molecule has 162 valence electrons. The van der Waals surface area contributed by atoms with Gasteiger partial charge in [-0.1, -0.05) is 12.1 Å². The van der Waals surface area contributed by atoms with Gasteiger partial charge >= 0.3 is 5.97 Å². The third-order valence-electron chi connectivity index (χ3n) is 5.42. The Morgan fingerprint density at radius 3 is 2.45 bits per heavy atom. The Bertz CT molecular complexity index is 1030. The van der Waals surface area contributed by atoms with Gasteiger partial charge in [0, 0.05) is 29.9 Å². The molecule has 0 aromatic heterocycles. The zero-order valence-electron chi connectivity index (χ0n) is 17.7. The van der Waals surface area contributed by atoms with Crippen LogP contribution in [0.2, 0.25) is 0 Å². The van der Waals surface area contributed by atoms with Crippen molar-refractivity contribution in [3.63, 3.8) is 0 Å². The largest absolute Gasteiger partial charge is 0.452 e. The van der Waals surface area contributed by atoms with E-state index >= 15 is 0 Å². The highest BCUT2D eigenvalue weighted by Crippen LogP contribution is 2.30. The summed E-state index contributed by atoms with van der Waals surface area (Å²) in [5, 5.41) is 2.62. The molecule has 1 aliphatic heterocycles. The molecule has 3 amide bonds. The predicted molar refractivity (Wildman–Crippen MR) is 116 cm³/mol. The minimum Gasteiger partial charge on any atom is -0.452 e. The smallest absolute Gasteiger partial charge is 0.312 e. The fraction of sp³-hybridized carbons (Fsp3) is 0.304. The molecule has 0 bridgehead atoms. The van der Waals surface area contributed by atoms with Crippen molar-refractivity contribution in [2.24, 2.45) is 11.7 Å². The third kappa shape index (κ3) is 4.91. The summed E-state index contributed by atoms with van der Waals surface area (Å²) in [7, 11) is 0. The lowest BCUT2D eigenvalue weighted by Gasteiger charge is -2.20. The first-order valence-corrected chi connectivity index (χ1v) is 9.95. The van der Waals surface area contributed by atoms with Crippen LogP contribution >= 0.6 is 0 Å². The Kier molecular flexibility index (Phi) is 6.39. The molecule has 2 aromatic rings. The van der Waals surface area contributed by atoms with Crippen LogP contribution in [0.25, 0.3) is 0 Å². The predicted octanol–water partition coefficient (Wildman–Crippen LogP) is 2.33. The number of anilines is 2. The summed E-state index contributed by atoms with van der Waals surface area (Å²) in [6, 6.07) is 11.7. The number of nitrogens with one attached hydrogen (secondary N) is 1. The van der Waals surface area contributed by atoms with Gasteiger partial charge < -0.3 is 20.7 Å². The quantitative estimate of drug-likeness (QED) is 0.691. The highest BCUT2D eigenvalue weighted by Gasteiger charge is 2.37. The second-order valence-electron chi connectivity index (χ2n) is 7.63. The van der Waals surface area contributed by atoms with Crippen LogP contribution in [0.4, 0.5) is 11.4 Å². The van der Waals surface area contributed by atoms with E-state index in [1.165, 1.54) is 31.2 Å². The molecule has 1 aliphatic rings. The van der Waals surface area contributed by atoms with E-state index in [1.807, 2.05) is 32.0 Å². The Morgan fingerprint density at radius 1 is 1.13 bits per heavy atom. The number of carbonyl (C=O) groups is 4. The lowest BCUT2D eigenvalue weighted by atomic mass is 10.1. The number of hydrogen-bond donors (Lipinski definition) is 2. The van der Waals surface area contributed by atoms with Crippen molar-refractivity contribution < 1.29 is 23.9 Å². The van der Waals surface area contributed by atoms with Crippen LogP contribution in [-0.2, 0) is 19.1 Å². The Morgan fingerprint density at radius 2 is 1.81 bits per heavy atom. The van der Waals surface area contributed by atoms with Crippen molar-refractivity contribution in [2.45, 2.75) is 33.3 Å². The first-order chi connectivity index (χ1) is 14.7. The van der Waals surface area contributed by atoms with Gasteiger partial charge in [0.1, 0.15) is 0 Å². The van der Waals surface area contributed by atoms with Gasteiger partial charge in [0.25, 0.3) is 5.91 Å². The fourth-order valence-corrected chi connectivity index (χ4v) is 3.41. The van der Waals surface area contributed by atoms with E-state index in [9.17, 15) is 19.2 Å².